The van der Waals surface area contributed by atoms with Gasteiger partial charge in [0.1, 0.15) is 0 Å². The highest BCUT2D eigenvalue weighted by molar-refractivity contribution is 7.89. The van der Waals surface area contributed by atoms with Crippen molar-refractivity contribution in [1.29, 1.82) is 0 Å². The van der Waals surface area contributed by atoms with Gasteiger partial charge in [0.05, 0.1) is 11.4 Å². The Morgan fingerprint density at radius 2 is 1.48 bits per heavy atom. The summed E-state index contributed by atoms with van der Waals surface area (Å²) in [5.41, 5.74) is 1.97. The van der Waals surface area contributed by atoms with E-state index < -0.39 is 10.0 Å². The molecule has 9 heteroatoms. The van der Waals surface area contributed by atoms with Crippen molar-refractivity contribution in [3.05, 3.63) is 35.2 Å². The average molecular weight is 364 g/mol. The normalized spacial score (nSPS) is 11.4. The molecule has 0 amide bonds. The molecule has 0 aliphatic rings. The van der Waals surface area contributed by atoms with Crippen LogP contribution in [0.5, 0.6) is 0 Å². The molecule has 2 rings (SSSR count). The molecule has 0 fully saturated rings. The number of sulfonamides is 1. The third kappa shape index (κ3) is 4.64. The number of nitrogens with one attached hydrogen (secondary N) is 1. The van der Waals surface area contributed by atoms with E-state index in [9.17, 15) is 8.42 Å². The molecule has 0 radical (unpaired) electrons. The fourth-order valence-corrected chi connectivity index (χ4v) is 3.06. The third-order valence-corrected chi connectivity index (χ3v) is 5.07. The molecule has 1 N–H and O–H groups in total. The van der Waals surface area contributed by atoms with E-state index in [0.717, 1.165) is 11.1 Å². The van der Waals surface area contributed by atoms with Crippen molar-refractivity contribution < 1.29 is 8.42 Å². The second kappa shape index (κ2) is 7.32. The predicted molar refractivity (Wildman–Crippen MR) is 98.4 cm³/mol. The van der Waals surface area contributed by atoms with Crippen LogP contribution in [0.15, 0.2) is 23.1 Å². The van der Waals surface area contributed by atoms with E-state index in [0.29, 0.717) is 17.7 Å². The van der Waals surface area contributed by atoms with Gasteiger partial charge in [0.15, 0.2) is 5.82 Å². The number of benzene rings is 1. The van der Waals surface area contributed by atoms with Gasteiger partial charge in [0.25, 0.3) is 0 Å². The second-order valence-corrected chi connectivity index (χ2v) is 7.98. The minimum absolute atomic E-state index is 0.0144. The highest BCUT2D eigenvalue weighted by atomic mass is 32.2. The van der Waals surface area contributed by atoms with Gasteiger partial charge in [-0.25, -0.2) is 13.1 Å². The van der Waals surface area contributed by atoms with Crippen LogP contribution in [0.2, 0.25) is 0 Å². The summed E-state index contributed by atoms with van der Waals surface area (Å²) in [5.74, 6) is 1.30. The number of nitrogens with zero attached hydrogens (tertiary/aromatic N) is 5. The Morgan fingerprint density at radius 1 is 0.920 bits per heavy atom. The molecule has 0 saturated heterocycles. The summed E-state index contributed by atoms with van der Waals surface area (Å²) < 4.78 is 27.6. The predicted octanol–water partition coefficient (Wildman–Crippen LogP) is 1.10. The SMILES string of the molecule is Cc1ccc(S(=O)(=O)NCc2nc(N(C)C)nc(N(C)C)n2)cc1C. The molecule has 0 saturated carbocycles. The fraction of sp³-hybridized carbons (Fsp3) is 0.438. The zero-order chi connectivity index (χ0) is 18.8. The van der Waals surface area contributed by atoms with Gasteiger partial charge in [-0.1, -0.05) is 6.07 Å². The summed E-state index contributed by atoms with van der Waals surface area (Å²) in [7, 11) is 3.63. The highest BCUT2D eigenvalue weighted by Crippen LogP contribution is 2.15. The molecule has 1 heterocycles. The summed E-state index contributed by atoms with van der Waals surface area (Å²) >= 11 is 0. The molecule has 0 aliphatic carbocycles. The molecule has 1 aromatic carbocycles. The van der Waals surface area contributed by atoms with Crippen molar-refractivity contribution in [3.8, 4) is 0 Å². The van der Waals surface area contributed by atoms with Crippen LogP contribution in [0.4, 0.5) is 11.9 Å². The van der Waals surface area contributed by atoms with E-state index in [1.165, 1.54) is 0 Å². The average Bonchev–Trinajstić information content (AvgIpc) is 2.55. The Balaban J connectivity index is 2.26. The van der Waals surface area contributed by atoms with Gasteiger partial charge in [0.2, 0.25) is 21.9 Å². The maximum absolute atomic E-state index is 12.5. The number of hydrogen-bond donors (Lipinski definition) is 1. The lowest BCUT2D eigenvalue weighted by Crippen LogP contribution is -2.26. The molecular formula is C16H24N6O2S. The fourth-order valence-electron chi connectivity index (χ4n) is 2.00. The maximum Gasteiger partial charge on any atom is 0.240 e. The second-order valence-electron chi connectivity index (χ2n) is 6.21. The van der Waals surface area contributed by atoms with Gasteiger partial charge < -0.3 is 9.80 Å². The molecule has 2 aromatic rings. The Hall–Kier alpha value is -2.26. The van der Waals surface area contributed by atoms with E-state index in [-0.39, 0.29) is 11.4 Å². The first-order chi connectivity index (χ1) is 11.6. The van der Waals surface area contributed by atoms with Crippen LogP contribution in [-0.2, 0) is 16.6 Å². The van der Waals surface area contributed by atoms with E-state index in [1.807, 2.05) is 42.0 Å². The van der Waals surface area contributed by atoms with Crippen LogP contribution in [-0.4, -0.2) is 51.6 Å². The lowest BCUT2D eigenvalue weighted by atomic mass is 10.1. The first kappa shape index (κ1) is 19.1. The summed E-state index contributed by atoms with van der Waals surface area (Å²) in [6.45, 7) is 3.81. The quantitative estimate of drug-likeness (QED) is 0.820. The van der Waals surface area contributed by atoms with Crippen molar-refractivity contribution in [2.75, 3.05) is 38.0 Å². The van der Waals surface area contributed by atoms with Crippen LogP contribution in [0, 0.1) is 13.8 Å². The summed E-state index contributed by atoms with van der Waals surface area (Å²) in [4.78, 5) is 16.6. The molecule has 25 heavy (non-hydrogen) atoms. The van der Waals surface area contributed by atoms with Crippen LogP contribution < -0.4 is 14.5 Å². The molecule has 0 unspecified atom stereocenters. The summed E-state index contributed by atoms with van der Waals surface area (Å²) in [6.07, 6.45) is 0. The van der Waals surface area contributed by atoms with Crippen LogP contribution >= 0.6 is 0 Å². The lowest BCUT2D eigenvalue weighted by molar-refractivity contribution is 0.578. The number of aryl methyl sites for hydroxylation is 2. The number of aromatic nitrogens is 3. The van der Waals surface area contributed by atoms with Gasteiger partial charge in [-0.05, 0) is 37.1 Å². The van der Waals surface area contributed by atoms with Crippen molar-refractivity contribution in [2.24, 2.45) is 0 Å². The Morgan fingerprint density at radius 3 is 1.96 bits per heavy atom. The molecular weight excluding hydrogens is 340 g/mol. The van der Waals surface area contributed by atoms with Gasteiger partial charge in [0, 0.05) is 28.2 Å². The summed E-state index contributed by atoms with van der Waals surface area (Å²) in [6, 6.07) is 5.04. The number of anilines is 2. The first-order valence-electron chi connectivity index (χ1n) is 7.76. The summed E-state index contributed by atoms with van der Waals surface area (Å²) in [5, 5.41) is 0. The Labute approximate surface area is 149 Å². The highest BCUT2D eigenvalue weighted by Gasteiger charge is 2.16. The first-order valence-corrected chi connectivity index (χ1v) is 9.25. The van der Waals surface area contributed by atoms with Crippen molar-refractivity contribution >= 4 is 21.9 Å². The molecule has 136 valence electrons. The Bertz CT molecular complexity index is 839. The van der Waals surface area contributed by atoms with Gasteiger partial charge in [-0.15, -0.1) is 0 Å². The maximum atomic E-state index is 12.5. The van der Waals surface area contributed by atoms with Crippen molar-refractivity contribution in [3.63, 3.8) is 0 Å². The third-order valence-electron chi connectivity index (χ3n) is 3.67. The van der Waals surface area contributed by atoms with E-state index in [1.54, 1.807) is 28.0 Å². The lowest BCUT2D eigenvalue weighted by Gasteiger charge is -2.16. The molecule has 0 atom stereocenters. The molecule has 8 nitrogen and oxygen atoms in total. The zero-order valence-corrected chi connectivity index (χ0v) is 16.2. The molecule has 1 aromatic heterocycles. The monoisotopic (exact) mass is 364 g/mol. The largest absolute Gasteiger partial charge is 0.347 e. The topological polar surface area (TPSA) is 91.3 Å². The van der Waals surface area contributed by atoms with Crippen LogP contribution in [0.1, 0.15) is 17.0 Å². The van der Waals surface area contributed by atoms with E-state index in [2.05, 4.69) is 19.7 Å². The Kier molecular flexibility index (Phi) is 5.58. The van der Waals surface area contributed by atoms with Crippen molar-refractivity contribution in [1.82, 2.24) is 19.7 Å². The number of hydrogen-bond acceptors (Lipinski definition) is 7. The molecule has 0 bridgehead atoms. The zero-order valence-electron chi connectivity index (χ0n) is 15.4. The van der Waals surface area contributed by atoms with E-state index in [4.69, 9.17) is 0 Å². The van der Waals surface area contributed by atoms with Crippen LogP contribution in [0.25, 0.3) is 0 Å². The van der Waals surface area contributed by atoms with Gasteiger partial charge in [-0.2, -0.15) is 15.0 Å². The minimum Gasteiger partial charge on any atom is -0.347 e. The van der Waals surface area contributed by atoms with Crippen molar-refractivity contribution in [2.45, 2.75) is 25.3 Å². The minimum atomic E-state index is -3.64. The van der Waals surface area contributed by atoms with Gasteiger partial charge in [-0.3, -0.25) is 0 Å². The molecule has 0 spiro atoms. The standard InChI is InChI=1S/C16H24N6O2S/c1-11-7-8-13(9-12(11)2)25(23,24)17-10-14-18-15(21(3)4)20-16(19-14)22(5)6/h7-9,17H,10H2,1-6H3. The smallest absolute Gasteiger partial charge is 0.240 e. The van der Waals surface area contributed by atoms with Crippen LogP contribution in [0.3, 0.4) is 0 Å². The van der Waals surface area contributed by atoms with Gasteiger partial charge >= 0.3 is 0 Å². The number of rotatable bonds is 6. The molecule has 0 aliphatic heterocycles. The van der Waals surface area contributed by atoms with E-state index >= 15 is 0 Å².